The molecular formula is C18H25N3O2. The van der Waals surface area contributed by atoms with Crippen molar-refractivity contribution in [2.45, 2.75) is 6.92 Å². The summed E-state index contributed by atoms with van der Waals surface area (Å²) in [6.07, 6.45) is 0. The highest BCUT2D eigenvalue weighted by Gasteiger charge is 2.01. The molecule has 0 bridgehead atoms. The van der Waals surface area contributed by atoms with Gasteiger partial charge in [-0.3, -0.25) is 4.99 Å². The maximum absolute atomic E-state index is 5.90. The Labute approximate surface area is 137 Å². The van der Waals surface area contributed by atoms with E-state index in [4.69, 9.17) is 9.47 Å². The summed E-state index contributed by atoms with van der Waals surface area (Å²) in [4.78, 5) is 4.41. The summed E-state index contributed by atoms with van der Waals surface area (Å²) in [5, 5.41) is 8.78. The number of hydrogen-bond donors (Lipinski definition) is 2. The molecule has 0 aliphatic rings. The average molecular weight is 315 g/mol. The van der Waals surface area contributed by atoms with Gasteiger partial charge >= 0.3 is 0 Å². The second kappa shape index (κ2) is 9.69. The van der Waals surface area contributed by atoms with Gasteiger partial charge < -0.3 is 20.1 Å². The highest BCUT2D eigenvalue weighted by molar-refractivity contribution is 5.88. The smallest absolute Gasteiger partial charge is 0.191 e. The number of aliphatic imine (C=N–C) groups is 1. The third kappa shape index (κ3) is 5.45. The zero-order valence-corrected chi connectivity index (χ0v) is 13.8. The summed E-state index contributed by atoms with van der Waals surface area (Å²) < 4.78 is 10.9. The van der Waals surface area contributed by atoms with E-state index < -0.39 is 0 Å². The van der Waals surface area contributed by atoms with Crippen molar-refractivity contribution in [1.29, 1.82) is 0 Å². The number of nitrogens with zero attached hydrogens (tertiary/aromatic N) is 1. The molecule has 0 saturated carbocycles. The van der Waals surface area contributed by atoms with Crippen LogP contribution in [0.2, 0.25) is 0 Å². The van der Waals surface area contributed by atoms with E-state index in [-0.39, 0.29) is 0 Å². The van der Waals surface area contributed by atoms with Crippen molar-refractivity contribution in [3.63, 3.8) is 0 Å². The summed E-state index contributed by atoms with van der Waals surface area (Å²) in [6, 6.07) is 14.3. The molecule has 0 heterocycles. The van der Waals surface area contributed by atoms with Crippen molar-refractivity contribution in [2.24, 2.45) is 4.99 Å². The van der Waals surface area contributed by atoms with Crippen molar-refractivity contribution in [3.05, 3.63) is 42.5 Å². The first kappa shape index (κ1) is 17.1. The van der Waals surface area contributed by atoms with Crippen molar-refractivity contribution in [2.75, 3.05) is 40.0 Å². The van der Waals surface area contributed by atoms with Gasteiger partial charge in [-0.15, -0.1) is 0 Å². The number of guanidine groups is 1. The van der Waals surface area contributed by atoms with E-state index in [0.717, 1.165) is 23.6 Å². The Morgan fingerprint density at radius 3 is 2.70 bits per heavy atom. The van der Waals surface area contributed by atoms with Gasteiger partial charge in [0.05, 0.1) is 19.7 Å². The van der Waals surface area contributed by atoms with E-state index in [0.29, 0.717) is 26.3 Å². The average Bonchev–Trinajstić information content (AvgIpc) is 2.59. The first-order valence-corrected chi connectivity index (χ1v) is 7.97. The van der Waals surface area contributed by atoms with Crippen LogP contribution in [0.4, 0.5) is 0 Å². The van der Waals surface area contributed by atoms with Crippen LogP contribution in [0, 0.1) is 0 Å². The molecule has 5 heteroatoms. The summed E-state index contributed by atoms with van der Waals surface area (Å²) in [5.74, 6) is 1.69. The lowest BCUT2D eigenvalue weighted by molar-refractivity contribution is 0.208. The highest BCUT2D eigenvalue weighted by atomic mass is 16.5. The van der Waals surface area contributed by atoms with Crippen LogP contribution >= 0.6 is 0 Å². The Balaban J connectivity index is 1.84. The largest absolute Gasteiger partial charge is 0.491 e. The van der Waals surface area contributed by atoms with Crippen molar-refractivity contribution in [3.8, 4) is 5.75 Å². The van der Waals surface area contributed by atoms with Gasteiger partial charge in [0.2, 0.25) is 0 Å². The molecule has 2 aromatic carbocycles. The van der Waals surface area contributed by atoms with Gasteiger partial charge in [-0.05, 0) is 18.4 Å². The fraction of sp³-hybridized carbons (Fsp3) is 0.389. The lowest BCUT2D eigenvalue weighted by Crippen LogP contribution is -2.39. The van der Waals surface area contributed by atoms with Gasteiger partial charge in [0.15, 0.2) is 5.96 Å². The third-order valence-corrected chi connectivity index (χ3v) is 3.31. The Morgan fingerprint density at radius 2 is 1.87 bits per heavy atom. The Hall–Kier alpha value is -2.27. The molecule has 124 valence electrons. The summed E-state index contributed by atoms with van der Waals surface area (Å²) in [7, 11) is 1.67. The van der Waals surface area contributed by atoms with Crippen LogP contribution in [0.3, 0.4) is 0 Å². The number of ether oxygens (including phenoxy) is 2. The van der Waals surface area contributed by atoms with Gasteiger partial charge in [0.25, 0.3) is 0 Å². The number of fused-ring (bicyclic) bond motifs is 1. The molecule has 0 unspecified atom stereocenters. The van der Waals surface area contributed by atoms with Crippen LogP contribution in [0.1, 0.15) is 6.92 Å². The van der Waals surface area contributed by atoms with E-state index in [1.165, 1.54) is 5.39 Å². The second-order valence-electron chi connectivity index (χ2n) is 5.01. The summed E-state index contributed by atoms with van der Waals surface area (Å²) in [5.41, 5.74) is 0. The molecule has 0 saturated heterocycles. The van der Waals surface area contributed by atoms with E-state index >= 15 is 0 Å². The maximum atomic E-state index is 5.90. The van der Waals surface area contributed by atoms with Gasteiger partial charge in [0, 0.05) is 19.0 Å². The zero-order chi connectivity index (χ0) is 16.3. The molecule has 0 amide bonds. The maximum Gasteiger partial charge on any atom is 0.191 e. The van der Waals surface area contributed by atoms with Crippen LogP contribution in [-0.2, 0) is 4.74 Å². The van der Waals surface area contributed by atoms with Crippen LogP contribution in [0.25, 0.3) is 10.8 Å². The van der Waals surface area contributed by atoms with E-state index in [1.807, 2.05) is 31.2 Å². The number of hydrogen-bond acceptors (Lipinski definition) is 3. The first-order valence-electron chi connectivity index (χ1n) is 7.97. The fourth-order valence-corrected chi connectivity index (χ4v) is 2.24. The molecule has 2 rings (SSSR count). The van der Waals surface area contributed by atoms with Gasteiger partial charge in [-0.2, -0.15) is 0 Å². The summed E-state index contributed by atoms with van der Waals surface area (Å²) >= 11 is 0. The molecule has 0 spiro atoms. The minimum atomic E-state index is 0.572. The Morgan fingerprint density at radius 1 is 1.04 bits per heavy atom. The Kier molecular flexibility index (Phi) is 7.20. The van der Waals surface area contributed by atoms with E-state index in [1.54, 1.807) is 7.11 Å². The summed E-state index contributed by atoms with van der Waals surface area (Å²) in [6.45, 7) is 5.37. The van der Waals surface area contributed by atoms with E-state index in [9.17, 15) is 0 Å². The molecule has 0 aliphatic carbocycles. The molecule has 0 fully saturated rings. The molecule has 0 aromatic heterocycles. The van der Waals surface area contributed by atoms with Crippen LogP contribution in [-0.4, -0.2) is 45.9 Å². The number of rotatable bonds is 8. The molecule has 5 nitrogen and oxygen atoms in total. The van der Waals surface area contributed by atoms with Gasteiger partial charge in [-0.1, -0.05) is 36.4 Å². The second-order valence-corrected chi connectivity index (χ2v) is 5.01. The minimum absolute atomic E-state index is 0.572. The van der Waals surface area contributed by atoms with Crippen molar-refractivity contribution >= 4 is 16.7 Å². The zero-order valence-electron chi connectivity index (χ0n) is 13.8. The highest BCUT2D eigenvalue weighted by Crippen LogP contribution is 2.24. The van der Waals surface area contributed by atoms with Crippen LogP contribution in [0.5, 0.6) is 5.75 Å². The van der Waals surface area contributed by atoms with E-state index in [2.05, 4.69) is 33.8 Å². The predicted molar refractivity (Wildman–Crippen MR) is 95.3 cm³/mol. The molecule has 0 atom stereocenters. The monoisotopic (exact) mass is 315 g/mol. The standard InChI is InChI=1S/C18H25N3O2/c1-3-19-18(20-11-13-22-2)21-12-14-23-17-10-6-8-15-7-4-5-9-16(15)17/h4-10H,3,11-14H2,1-2H3,(H2,19,20,21). The molecule has 2 N–H and O–H groups in total. The van der Waals surface area contributed by atoms with Gasteiger partial charge in [0.1, 0.15) is 12.4 Å². The first-order chi connectivity index (χ1) is 11.3. The Bertz CT molecular complexity index is 623. The molecule has 0 aliphatic heterocycles. The molecular weight excluding hydrogens is 290 g/mol. The quantitative estimate of drug-likeness (QED) is 0.446. The fourth-order valence-electron chi connectivity index (χ4n) is 2.24. The minimum Gasteiger partial charge on any atom is -0.491 e. The van der Waals surface area contributed by atoms with Crippen molar-refractivity contribution in [1.82, 2.24) is 10.6 Å². The SMILES string of the molecule is CCNC(=NCCOC)NCCOc1cccc2ccccc12. The molecule has 2 aromatic rings. The molecule has 23 heavy (non-hydrogen) atoms. The number of methoxy groups -OCH3 is 1. The molecule has 0 radical (unpaired) electrons. The third-order valence-electron chi connectivity index (χ3n) is 3.31. The normalized spacial score (nSPS) is 11.5. The van der Waals surface area contributed by atoms with Crippen LogP contribution in [0.15, 0.2) is 47.5 Å². The topological polar surface area (TPSA) is 54.9 Å². The lowest BCUT2D eigenvalue weighted by Gasteiger charge is -2.13. The van der Waals surface area contributed by atoms with Gasteiger partial charge in [-0.25, -0.2) is 0 Å². The lowest BCUT2D eigenvalue weighted by atomic mass is 10.1. The van der Waals surface area contributed by atoms with Crippen molar-refractivity contribution < 1.29 is 9.47 Å². The van der Waals surface area contributed by atoms with Crippen LogP contribution < -0.4 is 15.4 Å². The number of nitrogens with one attached hydrogen (secondary N) is 2. The predicted octanol–water partition coefficient (Wildman–Crippen LogP) is 2.42. The number of benzene rings is 2.